The van der Waals surface area contributed by atoms with E-state index >= 15 is 0 Å². The molecule has 0 fully saturated rings. The molecule has 0 saturated carbocycles. The van der Waals surface area contributed by atoms with Gasteiger partial charge in [-0.2, -0.15) is 5.10 Å². The molecule has 0 aliphatic rings. The van der Waals surface area contributed by atoms with Crippen molar-refractivity contribution in [3.05, 3.63) is 47.9 Å². The average molecular weight is 282 g/mol. The van der Waals surface area contributed by atoms with E-state index in [4.69, 9.17) is 5.73 Å². The summed E-state index contributed by atoms with van der Waals surface area (Å²) in [5.74, 6) is 1.19. The molecule has 0 saturated heterocycles. The lowest BCUT2D eigenvalue weighted by Crippen LogP contribution is -2.19. The van der Waals surface area contributed by atoms with E-state index in [1.54, 1.807) is 10.9 Å². The van der Waals surface area contributed by atoms with Crippen molar-refractivity contribution in [3.63, 3.8) is 0 Å². The maximum atomic E-state index is 5.98. The standard InChI is InChI=1S/C15H18N6/c1-20(9-11-6-4-3-5-7-11)10-13-18-14(16)12-8-17-21(2)15(12)19-13/h3-8H,9-10H2,1-2H3,(H2,16,18,19). The van der Waals surface area contributed by atoms with E-state index in [1.807, 2.05) is 32.3 Å². The number of nitrogens with two attached hydrogens (primary N) is 1. The molecule has 3 rings (SSSR count). The number of rotatable bonds is 4. The molecule has 108 valence electrons. The van der Waals surface area contributed by atoms with E-state index in [1.165, 1.54) is 5.56 Å². The largest absolute Gasteiger partial charge is 0.383 e. The molecule has 0 aliphatic heterocycles. The molecule has 0 amide bonds. The number of benzene rings is 1. The third-order valence-electron chi connectivity index (χ3n) is 3.37. The maximum Gasteiger partial charge on any atom is 0.163 e. The molecule has 0 radical (unpaired) electrons. The number of hydrogen-bond acceptors (Lipinski definition) is 5. The highest BCUT2D eigenvalue weighted by atomic mass is 15.3. The molecule has 0 spiro atoms. The van der Waals surface area contributed by atoms with Crippen LogP contribution < -0.4 is 5.73 Å². The quantitative estimate of drug-likeness (QED) is 0.786. The number of aromatic nitrogens is 4. The molecule has 0 aliphatic carbocycles. The molecule has 2 aromatic heterocycles. The van der Waals surface area contributed by atoms with Crippen LogP contribution in [0.5, 0.6) is 0 Å². The van der Waals surface area contributed by atoms with Crippen LogP contribution in [-0.4, -0.2) is 31.7 Å². The van der Waals surface area contributed by atoms with Gasteiger partial charge in [-0.25, -0.2) is 9.97 Å². The fourth-order valence-corrected chi connectivity index (χ4v) is 2.35. The van der Waals surface area contributed by atoms with Crippen LogP contribution in [0, 0.1) is 0 Å². The van der Waals surface area contributed by atoms with Gasteiger partial charge in [0.2, 0.25) is 0 Å². The third-order valence-corrected chi connectivity index (χ3v) is 3.37. The first-order chi connectivity index (χ1) is 10.1. The first kappa shape index (κ1) is 13.5. The van der Waals surface area contributed by atoms with Crippen LogP contribution in [0.15, 0.2) is 36.5 Å². The van der Waals surface area contributed by atoms with Gasteiger partial charge in [0.05, 0.1) is 18.1 Å². The molecule has 0 unspecified atom stereocenters. The van der Waals surface area contributed by atoms with Crippen molar-refractivity contribution < 1.29 is 0 Å². The smallest absolute Gasteiger partial charge is 0.163 e. The summed E-state index contributed by atoms with van der Waals surface area (Å²) in [6, 6.07) is 10.3. The fraction of sp³-hybridized carbons (Fsp3) is 0.267. The number of nitrogen functional groups attached to an aromatic ring is 1. The molecule has 2 N–H and O–H groups in total. The normalized spacial score (nSPS) is 11.4. The van der Waals surface area contributed by atoms with Gasteiger partial charge in [0.25, 0.3) is 0 Å². The van der Waals surface area contributed by atoms with Gasteiger partial charge in [0.15, 0.2) is 5.65 Å². The van der Waals surface area contributed by atoms with E-state index < -0.39 is 0 Å². The number of fused-ring (bicyclic) bond motifs is 1. The van der Waals surface area contributed by atoms with Crippen LogP contribution in [0.4, 0.5) is 5.82 Å². The zero-order valence-electron chi connectivity index (χ0n) is 12.2. The Bertz CT molecular complexity index is 749. The summed E-state index contributed by atoms with van der Waals surface area (Å²) in [5, 5.41) is 4.96. The topological polar surface area (TPSA) is 72.9 Å². The number of aryl methyl sites for hydroxylation is 1. The second kappa shape index (κ2) is 5.49. The lowest BCUT2D eigenvalue weighted by Gasteiger charge is -2.16. The summed E-state index contributed by atoms with van der Waals surface area (Å²) in [4.78, 5) is 11.1. The van der Waals surface area contributed by atoms with Gasteiger partial charge in [-0.3, -0.25) is 9.58 Å². The fourth-order valence-electron chi connectivity index (χ4n) is 2.35. The minimum atomic E-state index is 0.483. The Kier molecular flexibility index (Phi) is 3.53. The Hall–Kier alpha value is -2.47. The Morgan fingerprint density at radius 1 is 1.14 bits per heavy atom. The molecule has 0 bridgehead atoms. The van der Waals surface area contributed by atoms with E-state index in [-0.39, 0.29) is 0 Å². The SMILES string of the molecule is CN(Cc1ccccc1)Cc1nc(N)c2cnn(C)c2n1. The van der Waals surface area contributed by atoms with Crippen LogP contribution >= 0.6 is 0 Å². The zero-order chi connectivity index (χ0) is 14.8. The van der Waals surface area contributed by atoms with Crippen molar-refractivity contribution in [1.82, 2.24) is 24.6 Å². The second-order valence-electron chi connectivity index (χ2n) is 5.19. The van der Waals surface area contributed by atoms with Crippen molar-refractivity contribution in [2.45, 2.75) is 13.1 Å². The summed E-state index contributed by atoms with van der Waals surface area (Å²) in [6.07, 6.45) is 1.70. The molecule has 21 heavy (non-hydrogen) atoms. The summed E-state index contributed by atoms with van der Waals surface area (Å²) in [7, 11) is 3.90. The van der Waals surface area contributed by atoms with Gasteiger partial charge in [-0.05, 0) is 12.6 Å². The van der Waals surface area contributed by atoms with Crippen molar-refractivity contribution in [1.29, 1.82) is 0 Å². The lowest BCUT2D eigenvalue weighted by molar-refractivity contribution is 0.311. The van der Waals surface area contributed by atoms with Gasteiger partial charge >= 0.3 is 0 Å². The second-order valence-corrected chi connectivity index (χ2v) is 5.19. The molecule has 6 heteroatoms. The average Bonchev–Trinajstić information content (AvgIpc) is 2.82. The molecular weight excluding hydrogens is 264 g/mol. The van der Waals surface area contributed by atoms with E-state index in [0.717, 1.165) is 17.6 Å². The van der Waals surface area contributed by atoms with Gasteiger partial charge < -0.3 is 5.73 Å². The zero-order valence-corrected chi connectivity index (χ0v) is 12.2. The predicted molar refractivity (Wildman–Crippen MR) is 82.3 cm³/mol. The van der Waals surface area contributed by atoms with Crippen LogP contribution in [0.1, 0.15) is 11.4 Å². The van der Waals surface area contributed by atoms with Crippen molar-refractivity contribution in [2.75, 3.05) is 12.8 Å². The maximum absolute atomic E-state index is 5.98. The van der Waals surface area contributed by atoms with E-state index in [9.17, 15) is 0 Å². The highest BCUT2D eigenvalue weighted by Gasteiger charge is 2.11. The summed E-state index contributed by atoms with van der Waals surface area (Å²) >= 11 is 0. The van der Waals surface area contributed by atoms with Gasteiger partial charge in [-0.1, -0.05) is 30.3 Å². The van der Waals surface area contributed by atoms with Crippen LogP contribution in [0.3, 0.4) is 0 Å². The highest BCUT2D eigenvalue weighted by Crippen LogP contribution is 2.17. The van der Waals surface area contributed by atoms with Crippen molar-refractivity contribution >= 4 is 16.9 Å². The predicted octanol–water partition coefficient (Wildman–Crippen LogP) is 1.58. The Morgan fingerprint density at radius 3 is 2.67 bits per heavy atom. The first-order valence-corrected chi connectivity index (χ1v) is 6.80. The Morgan fingerprint density at radius 2 is 1.90 bits per heavy atom. The van der Waals surface area contributed by atoms with E-state index in [2.05, 4.69) is 32.1 Å². The van der Waals surface area contributed by atoms with Crippen LogP contribution in [0.25, 0.3) is 11.0 Å². The Balaban J connectivity index is 1.79. The highest BCUT2D eigenvalue weighted by molar-refractivity contribution is 5.84. The number of hydrogen-bond donors (Lipinski definition) is 1. The number of nitrogens with zero attached hydrogens (tertiary/aromatic N) is 5. The van der Waals surface area contributed by atoms with Crippen molar-refractivity contribution in [3.8, 4) is 0 Å². The van der Waals surface area contributed by atoms with Gasteiger partial charge in [0, 0.05) is 13.6 Å². The minimum Gasteiger partial charge on any atom is -0.383 e. The molecule has 3 aromatic rings. The third kappa shape index (κ3) is 2.85. The number of anilines is 1. The molecule has 2 heterocycles. The molecular formula is C15H18N6. The van der Waals surface area contributed by atoms with Gasteiger partial charge in [-0.15, -0.1) is 0 Å². The minimum absolute atomic E-state index is 0.483. The summed E-state index contributed by atoms with van der Waals surface area (Å²) in [6.45, 7) is 1.48. The molecule has 6 nitrogen and oxygen atoms in total. The van der Waals surface area contributed by atoms with Crippen LogP contribution in [-0.2, 0) is 20.1 Å². The molecule has 0 atom stereocenters. The monoisotopic (exact) mass is 282 g/mol. The van der Waals surface area contributed by atoms with Crippen molar-refractivity contribution in [2.24, 2.45) is 7.05 Å². The molecule has 1 aromatic carbocycles. The van der Waals surface area contributed by atoms with E-state index in [0.29, 0.717) is 18.2 Å². The lowest BCUT2D eigenvalue weighted by atomic mass is 10.2. The summed E-state index contributed by atoms with van der Waals surface area (Å²) < 4.78 is 1.72. The van der Waals surface area contributed by atoms with Crippen LogP contribution in [0.2, 0.25) is 0 Å². The first-order valence-electron chi connectivity index (χ1n) is 6.80. The van der Waals surface area contributed by atoms with Gasteiger partial charge in [0.1, 0.15) is 11.6 Å². The summed E-state index contributed by atoms with van der Waals surface area (Å²) in [5.41, 5.74) is 8.00. The Labute approximate surface area is 123 Å².